The Labute approximate surface area is 116 Å². The molecule has 2 rings (SSSR count). The summed E-state index contributed by atoms with van der Waals surface area (Å²) < 4.78 is 7.09. The number of rotatable bonds is 2. The Morgan fingerprint density at radius 2 is 2.18 bits per heavy atom. The van der Waals surface area contributed by atoms with E-state index in [1.807, 2.05) is 18.2 Å². The van der Waals surface area contributed by atoms with Gasteiger partial charge in [0.2, 0.25) is 0 Å². The Morgan fingerprint density at radius 1 is 1.41 bits per heavy atom. The van der Waals surface area contributed by atoms with Crippen LogP contribution in [0, 0.1) is 5.92 Å². The van der Waals surface area contributed by atoms with Crippen LogP contribution in [-0.2, 0) is 4.74 Å². The lowest BCUT2D eigenvalue weighted by atomic mass is 10.0. The van der Waals surface area contributed by atoms with E-state index in [4.69, 9.17) is 16.3 Å². The molecule has 1 aromatic carbocycles. The van der Waals surface area contributed by atoms with E-state index < -0.39 is 0 Å². The van der Waals surface area contributed by atoms with Crippen molar-refractivity contribution in [3.8, 4) is 0 Å². The summed E-state index contributed by atoms with van der Waals surface area (Å²) in [4.78, 5) is 0. The molecule has 4 heteroatoms. The maximum Gasteiger partial charge on any atom is 0.0968 e. The summed E-state index contributed by atoms with van der Waals surface area (Å²) in [5, 5.41) is 4.17. The van der Waals surface area contributed by atoms with Crippen LogP contribution < -0.4 is 5.32 Å². The molecule has 1 aromatic rings. The van der Waals surface area contributed by atoms with E-state index in [0.29, 0.717) is 5.92 Å². The van der Waals surface area contributed by atoms with E-state index in [9.17, 15) is 0 Å². The van der Waals surface area contributed by atoms with Crippen molar-refractivity contribution < 1.29 is 4.74 Å². The summed E-state index contributed by atoms with van der Waals surface area (Å²) in [5.74, 6) is 0.513. The second kappa shape index (κ2) is 5.70. The van der Waals surface area contributed by atoms with Gasteiger partial charge in [-0.15, -0.1) is 0 Å². The molecule has 94 valence electrons. The van der Waals surface area contributed by atoms with Crippen molar-refractivity contribution in [3.63, 3.8) is 0 Å². The molecule has 0 aliphatic carbocycles. The Kier molecular flexibility index (Phi) is 4.47. The molecule has 0 aromatic heterocycles. The van der Waals surface area contributed by atoms with E-state index in [1.165, 1.54) is 0 Å². The lowest BCUT2D eigenvalue weighted by Crippen LogP contribution is -2.43. The number of benzene rings is 1. The highest BCUT2D eigenvalue weighted by molar-refractivity contribution is 9.10. The molecule has 0 saturated carbocycles. The van der Waals surface area contributed by atoms with E-state index in [2.05, 4.69) is 35.1 Å². The number of morpholine rings is 1. The third-order valence-corrected chi connectivity index (χ3v) is 3.89. The average Bonchev–Trinajstić information content (AvgIpc) is 2.29. The van der Waals surface area contributed by atoms with Crippen molar-refractivity contribution >= 4 is 27.5 Å². The van der Waals surface area contributed by atoms with Gasteiger partial charge in [-0.1, -0.05) is 47.4 Å². The van der Waals surface area contributed by atoms with Gasteiger partial charge in [-0.3, -0.25) is 0 Å². The normalized spacial score (nSPS) is 25.2. The first-order chi connectivity index (χ1) is 8.08. The molecule has 1 N–H and O–H groups in total. The smallest absolute Gasteiger partial charge is 0.0968 e. The minimum Gasteiger partial charge on any atom is -0.367 e. The fourth-order valence-electron chi connectivity index (χ4n) is 2.00. The second-order valence-electron chi connectivity index (χ2n) is 4.73. The highest BCUT2D eigenvalue weighted by Crippen LogP contribution is 2.31. The van der Waals surface area contributed by atoms with Crippen LogP contribution in [0.3, 0.4) is 0 Å². The largest absolute Gasteiger partial charge is 0.367 e. The molecule has 17 heavy (non-hydrogen) atoms. The number of ether oxygens (including phenoxy) is 1. The van der Waals surface area contributed by atoms with Gasteiger partial charge in [-0.05, 0) is 18.1 Å². The van der Waals surface area contributed by atoms with Crippen LogP contribution in [0.1, 0.15) is 25.5 Å². The summed E-state index contributed by atoms with van der Waals surface area (Å²) in [6.45, 7) is 6.10. The van der Waals surface area contributed by atoms with Crippen molar-refractivity contribution in [2.24, 2.45) is 5.92 Å². The van der Waals surface area contributed by atoms with Gasteiger partial charge in [-0.2, -0.15) is 0 Å². The van der Waals surface area contributed by atoms with Gasteiger partial charge in [0.15, 0.2) is 0 Å². The number of hydrogen-bond donors (Lipinski definition) is 1. The Bertz CT molecular complexity index is 397. The first kappa shape index (κ1) is 13.3. The molecule has 1 saturated heterocycles. The van der Waals surface area contributed by atoms with Gasteiger partial charge in [0.05, 0.1) is 12.2 Å². The van der Waals surface area contributed by atoms with Crippen LogP contribution in [0.2, 0.25) is 5.02 Å². The Morgan fingerprint density at radius 3 is 2.82 bits per heavy atom. The van der Waals surface area contributed by atoms with Crippen LogP contribution in [0.4, 0.5) is 0 Å². The van der Waals surface area contributed by atoms with E-state index in [0.717, 1.165) is 28.1 Å². The lowest BCUT2D eigenvalue weighted by Gasteiger charge is -2.33. The molecule has 1 aliphatic rings. The topological polar surface area (TPSA) is 21.3 Å². The van der Waals surface area contributed by atoms with E-state index in [-0.39, 0.29) is 12.2 Å². The number of halogens is 2. The quantitative estimate of drug-likeness (QED) is 0.896. The molecule has 0 radical (unpaired) electrons. The Balaban J connectivity index is 2.16. The predicted octanol–water partition coefficient (Wildman–Crippen LogP) is 3.79. The monoisotopic (exact) mass is 317 g/mol. The highest BCUT2D eigenvalue weighted by atomic mass is 79.9. The van der Waals surface area contributed by atoms with Gasteiger partial charge in [-0.25, -0.2) is 0 Å². The van der Waals surface area contributed by atoms with Crippen molar-refractivity contribution in [3.05, 3.63) is 33.3 Å². The summed E-state index contributed by atoms with van der Waals surface area (Å²) >= 11 is 9.67. The molecule has 1 heterocycles. The molecule has 2 unspecified atom stereocenters. The maximum atomic E-state index is 6.25. The summed E-state index contributed by atoms with van der Waals surface area (Å²) in [5.41, 5.74) is 1.06. The van der Waals surface area contributed by atoms with Crippen molar-refractivity contribution in [1.29, 1.82) is 0 Å². The zero-order valence-corrected chi connectivity index (χ0v) is 12.4. The number of nitrogens with one attached hydrogen (secondary N) is 1. The molecule has 1 fully saturated rings. The average molecular weight is 319 g/mol. The minimum absolute atomic E-state index is 0.0525. The maximum absolute atomic E-state index is 6.25. The minimum atomic E-state index is 0.0525. The van der Waals surface area contributed by atoms with Gasteiger partial charge in [0.25, 0.3) is 0 Å². The first-order valence-electron chi connectivity index (χ1n) is 5.89. The summed E-state index contributed by atoms with van der Waals surface area (Å²) in [7, 11) is 0. The summed E-state index contributed by atoms with van der Waals surface area (Å²) in [6.07, 6.45) is 0.310. The molecule has 0 amide bonds. The van der Waals surface area contributed by atoms with Crippen molar-refractivity contribution in [2.75, 3.05) is 13.1 Å². The molecule has 0 bridgehead atoms. The first-order valence-corrected chi connectivity index (χ1v) is 7.06. The van der Waals surface area contributed by atoms with Gasteiger partial charge in [0.1, 0.15) is 0 Å². The van der Waals surface area contributed by atoms with Crippen LogP contribution in [0.25, 0.3) is 0 Å². The third-order valence-electron chi connectivity index (χ3n) is 3.07. The van der Waals surface area contributed by atoms with Crippen molar-refractivity contribution in [2.45, 2.75) is 26.1 Å². The van der Waals surface area contributed by atoms with Gasteiger partial charge >= 0.3 is 0 Å². The van der Waals surface area contributed by atoms with E-state index >= 15 is 0 Å². The van der Waals surface area contributed by atoms with E-state index in [1.54, 1.807) is 0 Å². The van der Waals surface area contributed by atoms with Crippen LogP contribution in [0.5, 0.6) is 0 Å². The molecular weight excluding hydrogens is 302 g/mol. The van der Waals surface area contributed by atoms with Crippen LogP contribution >= 0.6 is 27.5 Å². The van der Waals surface area contributed by atoms with Crippen LogP contribution in [0.15, 0.2) is 22.7 Å². The Hall–Kier alpha value is -0.0900. The lowest BCUT2D eigenvalue weighted by molar-refractivity contribution is -0.0603. The van der Waals surface area contributed by atoms with Crippen molar-refractivity contribution in [1.82, 2.24) is 5.32 Å². The molecule has 0 spiro atoms. The fourth-order valence-corrected chi connectivity index (χ4v) is 2.80. The second-order valence-corrected chi connectivity index (χ2v) is 6.05. The standard InChI is InChI=1S/C13H17BrClNO/c1-8(2)12-6-16-7-13(17-12)10-4-3-9(14)5-11(10)15/h3-5,8,12-13,16H,6-7H2,1-2H3. The van der Waals surface area contributed by atoms with Gasteiger partial charge in [0, 0.05) is 28.1 Å². The SMILES string of the molecule is CC(C)C1CNCC(c2ccc(Br)cc2Cl)O1. The zero-order valence-electron chi connectivity index (χ0n) is 10.0. The van der Waals surface area contributed by atoms with Crippen LogP contribution in [-0.4, -0.2) is 19.2 Å². The predicted molar refractivity (Wildman–Crippen MR) is 74.5 cm³/mol. The highest BCUT2D eigenvalue weighted by Gasteiger charge is 2.26. The fraction of sp³-hybridized carbons (Fsp3) is 0.538. The molecule has 2 atom stereocenters. The van der Waals surface area contributed by atoms with Gasteiger partial charge < -0.3 is 10.1 Å². The molecular formula is C13H17BrClNO. The zero-order chi connectivity index (χ0) is 12.4. The number of hydrogen-bond acceptors (Lipinski definition) is 2. The molecule has 2 nitrogen and oxygen atoms in total. The third kappa shape index (κ3) is 3.22. The summed E-state index contributed by atoms with van der Waals surface area (Å²) in [6, 6.07) is 5.95. The molecule has 1 aliphatic heterocycles.